The van der Waals surface area contributed by atoms with Crippen molar-refractivity contribution in [2.75, 3.05) is 24.6 Å². The van der Waals surface area contributed by atoms with Crippen LogP contribution in [0.4, 0.5) is 11.4 Å². The molecule has 210 valence electrons. The van der Waals surface area contributed by atoms with E-state index in [1.807, 2.05) is 65.6 Å². The minimum Gasteiger partial charge on any atom is -0.489 e. The first kappa shape index (κ1) is 27.7. The predicted molar refractivity (Wildman–Crippen MR) is 164 cm³/mol. The summed E-state index contributed by atoms with van der Waals surface area (Å²) in [5.74, 6) is 0.991. The van der Waals surface area contributed by atoms with Gasteiger partial charge >= 0.3 is 5.97 Å². The predicted octanol–water partition coefficient (Wildman–Crippen LogP) is 6.09. The zero-order valence-corrected chi connectivity index (χ0v) is 23.4. The van der Waals surface area contributed by atoms with Gasteiger partial charge in [0, 0.05) is 30.8 Å². The Morgan fingerprint density at radius 1 is 1.00 bits per heavy atom. The molecule has 8 nitrogen and oxygen atoms in total. The van der Waals surface area contributed by atoms with Crippen LogP contribution < -0.4 is 15.4 Å². The molecule has 1 saturated heterocycles. The van der Waals surface area contributed by atoms with E-state index in [4.69, 9.17) is 26.0 Å². The van der Waals surface area contributed by atoms with E-state index >= 15 is 0 Å². The van der Waals surface area contributed by atoms with Gasteiger partial charge in [0.05, 0.1) is 30.2 Å². The fourth-order valence-corrected chi connectivity index (χ4v) is 5.18. The lowest BCUT2D eigenvalue weighted by Gasteiger charge is -2.27. The number of nitrogens with one attached hydrogen (secondary N) is 2. The minimum absolute atomic E-state index is 0.0304. The lowest BCUT2D eigenvalue weighted by atomic mass is 10.0. The topological polar surface area (TPSA) is 116 Å². The summed E-state index contributed by atoms with van der Waals surface area (Å²) in [7, 11) is 0. The van der Waals surface area contributed by atoms with Crippen LogP contribution in [-0.2, 0) is 11.3 Å². The third-order valence-electron chi connectivity index (χ3n) is 7.32. The second-order valence-corrected chi connectivity index (χ2v) is 10.2. The van der Waals surface area contributed by atoms with E-state index in [1.54, 1.807) is 19.9 Å². The Balaban J connectivity index is 1.48. The zero-order chi connectivity index (χ0) is 28.9. The Bertz CT molecular complexity index is 1580. The Labute approximate surface area is 240 Å². The first-order chi connectivity index (χ1) is 19.8. The Hall–Kier alpha value is -4.85. The largest absolute Gasteiger partial charge is 0.489 e. The fraction of sp³-hybridized carbons (Fsp3) is 0.242. The molecule has 1 heterocycles. The van der Waals surface area contributed by atoms with Gasteiger partial charge in [-0.2, -0.15) is 0 Å². The van der Waals surface area contributed by atoms with Crippen molar-refractivity contribution in [3.8, 4) is 5.75 Å². The maximum atomic E-state index is 12.9. The van der Waals surface area contributed by atoms with Gasteiger partial charge in [0.25, 0.3) is 0 Å². The summed E-state index contributed by atoms with van der Waals surface area (Å²) in [6.07, 6.45) is 0.920. The molecule has 1 unspecified atom stereocenters. The van der Waals surface area contributed by atoms with Crippen LogP contribution in [0.2, 0.25) is 0 Å². The van der Waals surface area contributed by atoms with Gasteiger partial charge in [-0.1, -0.05) is 36.4 Å². The van der Waals surface area contributed by atoms with Crippen molar-refractivity contribution in [1.82, 2.24) is 4.90 Å². The van der Waals surface area contributed by atoms with E-state index < -0.39 is 0 Å². The van der Waals surface area contributed by atoms with Crippen molar-refractivity contribution in [3.05, 3.63) is 102 Å². The molecule has 4 N–H and O–H groups in total. The van der Waals surface area contributed by atoms with Crippen LogP contribution in [-0.4, -0.2) is 48.3 Å². The first-order valence-electron chi connectivity index (χ1n) is 13.8. The van der Waals surface area contributed by atoms with Crippen LogP contribution in [0.25, 0.3) is 10.8 Å². The molecule has 0 amide bonds. The maximum Gasteiger partial charge on any atom is 0.340 e. The SMILES string of the molecule is CCOC(=O)c1ccccc1N(Cc1ccc2ccc(C(=N)N)cc2c1)c1ccc(OC2CCN(C(C)=N)C2)cc1. The number of anilines is 2. The second-order valence-electron chi connectivity index (χ2n) is 10.2. The highest BCUT2D eigenvalue weighted by molar-refractivity contribution is 5.99. The van der Waals surface area contributed by atoms with E-state index in [9.17, 15) is 4.79 Å². The molecule has 1 atom stereocenters. The minimum atomic E-state index is -0.370. The number of fused-ring (bicyclic) bond motifs is 1. The summed E-state index contributed by atoms with van der Waals surface area (Å²) in [6.45, 7) is 5.93. The zero-order valence-electron chi connectivity index (χ0n) is 23.4. The number of amidine groups is 2. The highest BCUT2D eigenvalue weighted by Gasteiger charge is 2.24. The fourth-order valence-electron chi connectivity index (χ4n) is 5.18. The number of nitrogen functional groups attached to an aromatic ring is 1. The van der Waals surface area contributed by atoms with E-state index in [0.717, 1.165) is 46.4 Å². The van der Waals surface area contributed by atoms with Crippen molar-refractivity contribution in [2.45, 2.75) is 32.9 Å². The molecule has 4 aromatic carbocycles. The van der Waals surface area contributed by atoms with Gasteiger partial charge in [-0.3, -0.25) is 10.8 Å². The van der Waals surface area contributed by atoms with Gasteiger partial charge < -0.3 is 25.0 Å². The molecule has 1 fully saturated rings. The normalized spacial score (nSPS) is 14.6. The molecule has 1 aliphatic heterocycles. The Morgan fingerprint density at radius 3 is 2.46 bits per heavy atom. The molecular formula is C33H35N5O3. The highest BCUT2D eigenvalue weighted by atomic mass is 16.5. The number of carbonyl (C=O) groups excluding carboxylic acids is 1. The summed E-state index contributed by atoms with van der Waals surface area (Å²) >= 11 is 0. The van der Waals surface area contributed by atoms with E-state index in [1.165, 1.54) is 0 Å². The van der Waals surface area contributed by atoms with Gasteiger partial charge in [-0.25, -0.2) is 4.79 Å². The molecule has 0 radical (unpaired) electrons. The Kier molecular flexibility index (Phi) is 8.19. The summed E-state index contributed by atoms with van der Waals surface area (Å²) in [6, 6.07) is 27.3. The van der Waals surface area contributed by atoms with Crippen LogP contribution in [0, 0.1) is 10.8 Å². The van der Waals surface area contributed by atoms with Crippen molar-refractivity contribution in [3.63, 3.8) is 0 Å². The summed E-state index contributed by atoms with van der Waals surface area (Å²) in [5.41, 5.74) is 9.57. The van der Waals surface area contributed by atoms with E-state index in [0.29, 0.717) is 36.7 Å². The molecule has 4 aromatic rings. The molecule has 0 aromatic heterocycles. The number of para-hydroxylation sites is 1. The molecule has 0 aliphatic carbocycles. The number of rotatable bonds is 9. The summed E-state index contributed by atoms with van der Waals surface area (Å²) < 4.78 is 11.6. The third kappa shape index (κ3) is 6.32. The molecule has 0 spiro atoms. The number of nitrogens with two attached hydrogens (primary N) is 1. The number of carbonyl (C=O) groups is 1. The van der Waals surface area contributed by atoms with Gasteiger partial charge in [0.15, 0.2) is 0 Å². The van der Waals surface area contributed by atoms with Crippen LogP contribution in [0.3, 0.4) is 0 Å². The molecule has 0 saturated carbocycles. The molecular weight excluding hydrogens is 514 g/mol. The average Bonchev–Trinajstić information content (AvgIpc) is 3.45. The van der Waals surface area contributed by atoms with Gasteiger partial charge in [-0.05, 0) is 78.7 Å². The maximum absolute atomic E-state index is 12.9. The van der Waals surface area contributed by atoms with E-state index in [2.05, 4.69) is 23.1 Å². The van der Waals surface area contributed by atoms with Gasteiger partial charge in [0.1, 0.15) is 17.7 Å². The average molecular weight is 550 g/mol. The van der Waals surface area contributed by atoms with Gasteiger partial charge in [-0.15, -0.1) is 0 Å². The first-order valence-corrected chi connectivity index (χ1v) is 13.8. The highest BCUT2D eigenvalue weighted by Crippen LogP contribution is 2.33. The molecule has 1 aliphatic rings. The lowest BCUT2D eigenvalue weighted by molar-refractivity contribution is 0.0527. The molecule has 8 heteroatoms. The Morgan fingerprint density at radius 2 is 1.76 bits per heavy atom. The molecule has 41 heavy (non-hydrogen) atoms. The quantitative estimate of drug-likeness (QED) is 0.132. The number of hydrogen-bond donors (Lipinski definition) is 3. The summed E-state index contributed by atoms with van der Waals surface area (Å²) in [5, 5.41) is 17.7. The molecule has 0 bridgehead atoms. The number of nitrogens with zero attached hydrogens (tertiary/aromatic N) is 2. The second kappa shape index (κ2) is 12.1. The smallest absolute Gasteiger partial charge is 0.340 e. The number of ether oxygens (including phenoxy) is 2. The van der Waals surface area contributed by atoms with Crippen molar-refractivity contribution < 1.29 is 14.3 Å². The third-order valence-corrected chi connectivity index (χ3v) is 7.32. The van der Waals surface area contributed by atoms with Crippen LogP contribution in [0.5, 0.6) is 5.75 Å². The monoisotopic (exact) mass is 549 g/mol. The van der Waals surface area contributed by atoms with Crippen molar-refractivity contribution >= 4 is 39.8 Å². The number of esters is 1. The summed E-state index contributed by atoms with van der Waals surface area (Å²) in [4.78, 5) is 17.1. The van der Waals surface area contributed by atoms with Crippen LogP contribution >= 0.6 is 0 Å². The van der Waals surface area contributed by atoms with Crippen LogP contribution in [0.1, 0.15) is 41.8 Å². The van der Waals surface area contributed by atoms with E-state index in [-0.39, 0.29) is 17.9 Å². The van der Waals surface area contributed by atoms with Gasteiger partial charge in [0.2, 0.25) is 0 Å². The molecule has 5 rings (SSSR count). The number of benzene rings is 4. The standard InChI is InChI=1S/C33H35N5O3/c1-3-40-33(39)30-6-4-5-7-31(30)38(20-23-8-9-24-10-11-25(32(35)36)19-26(24)18-23)27-12-14-28(15-13-27)41-29-16-17-37(21-29)22(2)34/h4-15,18-19,29,34H,3,16-17,20-21H2,1-2H3,(H3,35,36). The van der Waals surface area contributed by atoms with Crippen molar-refractivity contribution in [2.24, 2.45) is 5.73 Å². The van der Waals surface area contributed by atoms with Crippen LogP contribution in [0.15, 0.2) is 84.9 Å². The number of likely N-dealkylation sites (tertiary alicyclic amines) is 1. The lowest BCUT2D eigenvalue weighted by Crippen LogP contribution is -2.28. The van der Waals surface area contributed by atoms with Crippen molar-refractivity contribution in [1.29, 1.82) is 10.8 Å². The number of hydrogen-bond acceptors (Lipinski definition) is 6.